The molecule has 0 aliphatic heterocycles. The number of aryl methyl sites for hydroxylation is 1. The van der Waals surface area contributed by atoms with E-state index in [1.54, 1.807) is 11.3 Å². The zero-order valence-corrected chi connectivity index (χ0v) is 11.6. The van der Waals surface area contributed by atoms with Crippen molar-refractivity contribution < 1.29 is 9.53 Å². The number of hydrogen-bond donors (Lipinski definition) is 1. The fourth-order valence-electron chi connectivity index (χ4n) is 1.64. The van der Waals surface area contributed by atoms with Crippen molar-refractivity contribution in [3.63, 3.8) is 0 Å². The third kappa shape index (κ3) is 4.48. The summed E-state index contributed by atoms with van der Waals surface area (Å²) in [5, 5.41) is 7.52. The predicted molar refractivity (Wildman–Crippen MR) is 71.2 cm³/mol. The Bertz CT molecular complexity index is 349. The number of nitrogens with one attached hydrogen (secondary N) is 1. The first-order chi connectivity index (χ1) is 8.19. The summed E-state index contributed by atoms with van der Waals surface area (Å²) in [6.07, 6.45) is 1.79. The van der Waals surface area contributed by atoms with E-state index in [0.717, 1.165) is 19.4 Å². The second-order valence-corrected chi connectivity index (χ2v) is 4.80. The van der Waals surface area contributed by atoms with Crippen LogP contribution < -0.4 is 5.32 Å². The highest BCUT2D eigenvalue weighted by molar-refractivity contribution is 7.08. The second-order valence-electron chi connectivity index (χ2n) is 4.05. The van der Waals surface area contributed by atoms with Crippen molar-refractivity contribution in [2.45, 2.75) is 46.2 Å². The van der Waals surface area contributed by atoms with Crippen molar-refractivity contribution in [3.8, 4) is 0 Å². The molecule has 0 saturated heterocycles. The zero-order valence-electron chi connectivity index (χ0n) is 10.8. The molecule has 17 heavy (non-hydrogen) atoms. The van der Waals surface area contributed by atoms with Crippen molar-refractivity contribution >= 4 is 17.3 Å². The van der Waals surface area contributed by atoms with Crippen molar-refractivity contribution in [2.75, 3.05) is 6.61 Å². The second kappa shape index (κ2) is 7.45. The van der Waals surface area contributed by atoms with Crippen LogP contribution in [0.25, 0.3) is 0 Å². The summed E-state index contributed by atoms with van der Waals surface area (Å²) in [5.41, 5.74) is 2.54. The molecule has 0 spiro atoms. The van der Waals surface area contributed by atoms with Gasteiger partial charge in [0, 0.05) is 6.54 Å². The largest absolute Gasteiger partial charge is 0.465 e. The van der Waals surface area contributed by atoms with E-state index in [4.69, 9.17) is 4.74 Å². The van der Waals surface area contributed by atoms with E-state index in [1.165, 1.54) is 11.1 Å². The van der Waals surface area contributed by atoms with Gasteiger partial charge in [-0.3, -0.25) is 4.79 Å². The monoisotopic (exact) mass is 255 g/mol. The molecule has 0 amide bonds. The molecule has 1 unspecified atom stereocenters. The third-order valence-corrected chi connectivity index (χ3v) is 3.56. The molecule has 96 valence electrons. The van der Waals surface area contributed by atoms with Crippen LogP contribution in [0, 0.1) is 6.92 Å². The van der Waals surface area contributed by atoms with Gasteiger partial charge in [0.05, 0.1) is 6.61 Å². The fourth-order valence-corrected chi connectivity index (χ4v) is 2.49. The molecule has 0 bridgehead atoms. The molecule has 0 radical (unpaired) electrons. The Balaban J connectivity index is 2.49. The molecule has 1 N–H and O–H groups in total. The minimum atomic E-state index is -0.181. The van der Waals surface area contributed by atoms with Gasteiger partial charge in [-0.1, -0.05) is 13.3 Å². The molecule has 1 rings (SSSR count). The van der Waals surface area contributed by atoms with E-state index < -0.39 is 0 Å². The minimum Gasteiger partial charge on any atom is -0.465 e. The third-order valence-electron chi connectivity index (χ3n) is 2.65. The van der Waals surface area contributed by atoms with Crippen LogP contribution in [0.2, 0.25) is 0 Å². The normalized spacial score (nSPS) is 12.4. The van der Waals surface area contributed by atoms with Gasteiger partial charge < -0.3 is 10.1 Å². The Kier molecular flexibility index (Phi) is 6.22. The van der Waals surface area contributed by atoms with Crippen LogP contribution in [-0.4, -0.2) is 18.6 Å². The van der Waals surface area contributed by atoms with Crippen LogP contribution in [0.5, 0.6) is 0 Å². The summed E-state index contributed by atoms with van der Waals surface area (Å²) in [4.78, 5) is 11.7. The number of rotatable bonds is 7. The highest BCUT2D eigenvalue weighted by Gasteiger charge is 2.18. The summed E-state index contributed by atoms with van der Waals surface area (Å²) in [7, 11) is 0. The first-order valence-corrected chi connectivity index (χ1v) is 7.05. The maximum Gasteiger partial charge on any atom is 0.323 e. The first-order valence-electron chi connectivity index (χ1n) is 6.10. The van der Waals surface area contributed by atoms with Crippen LogP contribution in [0.1, 0.15) is 37.8 Å². The molecule has 0 aliphatic rings. The highest BCUT2D eigenvalue weighted by Crippen LogP contribution is 2.13. The maximum atomic E-state index is 11.7. The van der Waals surface area contributed by atoms with Crippen LogP contribution in [0.15, 0.2) is 10.8 Å². The molecule has 0 aliphatic carbocycles. The molecule has 1 aromatic rings. The minimum absolute atomic E-state index is 0.137. The Hall–Kier alpha value is -0.870. The van der Waals surface area contributed by atoms with Gasteiger partial charge in [-0.05, 0) is 42.2 Å². The van der Waals surface area contributed by atoms with Crippen LogP contribution in [0.3, 0.4) is 0 Å². The molecule has 4 heteroatoms. The molecule has 3 nitrogen and oxygen atoms in total. The van der Waals surface area contributed by atoms with Crippen molar-refractivity contribution in [2.24, 2.45) is 0 Å². The molecular formula is C13H21NO2S. The predicted octanol–water partition coefficient (Wildman–Crippen LogP) is 2.88. The van der Waals surface area contributed by atoms with Gasteiger partial charge in [-0.2, -0.15) is 11.3 Å². The standard InChI is InChI=1S/C13H21NO2S/c1-4-6-12(13(15)16-5-2)14-7-11-9-17-8-10(11)3/h8-9,12,14H,4-7H2,1-3H3. The van der Waals surface area contributed by atoms with Crippen molar-refractivity contribution in [1.29, 1.82) is 0 Å². The van der Waals surface area contributed by atoms with E-state index in [0.29, 0.717) is 6.61 Å². The number of carbonyl (C=O) groups is 1. The lowest BCUT2D eigenvalue weighted by atomic mass is 10.1. The summed E-state index contributed by atoms with van der Waals surface area (Å²) in [5.74, 6) is -0.137. The molecular weight excluding hydrogens is 234 g/mol. The van der Waals surface area contributed by atoms with E-state index in [2.05, 4.69) is 29.9 Å². The Morgan fingerprint density at radius 2 is 2.24 bits per heavy atom. The lowest BCUT2D eigenvalue weighted by molar-refractivity contribution is -0.145. The SMILES string of the molecule is CCCC(NCc1cscc1C)C(=O)OCC. The van der Waals surface area contributed by atoms with Crippen molar-refractivity contribution in [3.05, 3.63) is 21.9 Å². The Labute approximate surface area is 107 Å². The summed E-state index contributed by atoms with van der Waals surface area (Å²) < 4.78 is 5.06. The molecule has 1 atom stereocenters. The van der Waals surface area contributed by atoms with Crippen LogP contribution in [0.4, 0.5) is 0 Å². The lowest BCUT2D eigenvalue weighted by Crippen LogP contribution is -2.37. The van der Waals surface area contributed by atoms with E-state index in [1.807, 2.05) is 6.92 Å². The van der Waals surface area contributed by atoms with E-state index >= 15 is 0 Å². The quantitative estimate of drug-likeness (QED) is 0.761. The topological polar surface area (TPSA) is 38.3 Å². The molecule has 1 aromatic heterocycles. The number of carbonyl (C=O) groups excluding carboxylic acids is 1. The van der Waals surface area contributed by atoms with Crippen molar-refractivity contribution in [1.82, 2.24) is 5.32 Å². The van der Waals surface area contributed by atoms with Gasteiger partial charge in [-0.25, -0.2) is 0 Å². The van der Waals surface area contributed by atoms with Crippen LogP contribution >= 0.6 is 11.3 Å². The molecule has 0 aromatic carbocycles. The highest BCUT2D eigenvalue weighted by atomic mass is 32.1. The van der Waals surface area contributed by atoms with Gasteiger partial charge in [0.15, 0.2) is 0 Å². The molecule has 0 fully saturated rings. The zero-order chi connectivity index (χ0) is 12.7. The summed E-state index contributed by atoms with van der Waals surface area (Å²) >= 11 is 1.69. The average Bonchev–Trinajstić information content (AvgIpc) is 2.70. The average molecular weight is 255 g/mol. The smallest absolute Gasteiger partial charge is 0.323 e. The first kappa shape index (κ1) is 14.2. The molecule has 0 saturated carbocycles. The molecule has 1 heterocycles. The number of esters is 1. The Morgan fingerprint density at radius 3 is 2.76 bits per heavy atom. The summed E-state index contributed by atoms with van der Waals surface area (Å²) in [6, 6.07) is -0.181. The van der Waals surface area contributed by atoms with E-state index in [9.17, 15) is 4.79 Å². The van der Waals surface area contributed by atoms with Gasteiger partial charge >= 0.3 is 5.97 Å². The van der Waals surface area contributed by atoms with Gasteiger partial charge in [-0.15, -0.1) is 0 Å². The maximum absolute atomic E-state index is 11.7. The summed E-state index contributed by atoms with van der Waals surface area (Å²) in [6.45, 7) is 7.18. The van der Waals surface area contributed by atoms with E-state index in [-0.39, 0.29) is 12.0 Å². The van der Waals surface area contributed by atoms with Gasteiger partial charge in [0.2, 0.25) is 0 Å². The lowest BCUT2D eigenvalue weighted by Gasteiger charge is -2.16. The van der Waals surface area contributed by atoms with Gasteiger partial charge in [0.1, 0.15) is 6.04 Å². The van der Waals surface area contributed by atoms with Gasteiger partial charge in [0.25, 0.3) is 0 Å². The number of ether oxygens (including phenoxy) is 1. The Morgan fingerprint density at radius 1 is 1.47 bits per heavy atom. The number of hydrogen-bond acceptors (Lipinski definition) is 4. The van der Waals surface area contributed by atoms with Crippen LogP contribution in [-0.2, 0) is 16.1 Å². The number of thiophene rings is 1. The fraction of sp³-hybridized carbons (Fsp3) is 0.615.